The number of carbonyl (C=O) groups excluding carboxylic acids is 1. The lowest BCUT2D eigenvalue weighted by Crippen LogP contribution is -2.14. The molecule has 0 radical (unpaired) electrons. The standard InChI is InChI=1S/C17H20FN3O/c1-12(2)9-17(22)21-15-7-8-16(20-11-15)19-10-13-3-5-14(18)6-4-13/h3-8,11-12H,9-10H2,1-2H3,(H,19,20)(H,21,22). The molecule has 5 heteroatoms. The SMILES string of the molecule is CC(C)CC(=O)Nc1ccc(NCc2ccc(F)cc2)nc1. The van der Waals surface area contributed by atoms with Crippen molar-refractivity contribution in [2.24, 2.45) is 5.92 Å². The van der Waals surface area contributed by atoms with Crippen molar-refractivity contribution in [3.8, 4) is 0 Å². The fraction of sp³-hybridized carbons (Fsp3) is 0.294. The smallest absolute Gasteiger partial charge is 0.224 e. The zero-order valence-corrected chi connectivity index (χ0v) is 12.8. The normalized spacial score (nSPS) is 10.5. The van der Waals surface area contributed by atoms with Crippen molar-refractivity contribution in [3.63, 3.8) is 0 Å². The van der Waals surface area contributed by atoms with Crippen LogP contribution < -0.4 is 10.6 Å². The fourth-order valence-electron chi connectivity index (χ4n) is 1.95. The van der Waals surface area contributed by atoms with Crippen LogP contribution in [0, 0.1) is 11.7 Å². The molecule has 1 aromatic heterocycles. The van der Waals surface area contributed by atoms with E-state index >= 15 is 0 Å². The second-order valence-corrected chi connectivity index (χ2v) is 5.56. The fourth-order valence-corrected chi connectivity index (χ4v) is 1.95. The van der Waals surface area contributed by atoms with Crippen molar-refractivity contribution < 1.29 is 9.18 Å². The van der Waals surface area contributed by atoms with Gasteiger partial charge >= 0.3 is 0 Å². The number of anilines is 2. The number of nitrogens with one attached hydrogen (secondary N) is 2. The first-order valence-corrected chi connectivity index (χ1v) is 7.27. The average molecular weight is 301 g/mol. The largest absolute Gasteiger partial charge is 0.366 e. The van der Waals surface area contributed by atoms with Crippen LogP contribution in [0.25, 0.3) is 0 Å². The van der Waals surface area contributed by atoms with Crippen LogP contribution in [0.2, 0.25) is 0 Å². The van der Waals surface area contributed by atoms with Crippen LogP contribution in [0.4, 0.5) is 15.9 Å². The van der Waals surface area contributed by atoms with E-state index in [1.807, 2.05) is 13.8 Å². The zero-order valence-electron chi connectivity index (χ0n) is 12.8. The van der Waals surface area contributed by atoms with Crippen LogP contribution in [0.15, 0.2) is 42.6 Å². The number of halogens is 1. The van der Waals surface area contributed by atoms with Crippen LogP contribution in [-0.4, -0.2) is 10.9 Å². The maximum absolute atomic E-state index is 12.8. The third-order valence-electron chi connectivity index (χ3n) is 3.03. The van der Waals surface area contributed by atoms with Crippen molar-refractivity contribution in [2.75, 3.05) is 10.6 Å². The molecule has 1 aromatic carbocycles. The number of hydrogen-bond acceptors (Lipinski definition) is 3. The molecule has 0 atom stereocenters. The number of rotatable bonds is 6. The van der Waals surface area contributed by atoms with E-state index < -0.39 is 0 Å². The van der Waals surface area contributed by atoms with Crippen LogP contribution >= 0.6 is 0 Å². The van der Waals surface area contributed by atoms with E-state index in [0.29, 0.717) is 30.4 Å². The quantitative estimate of drug-likeness (QED) is 0.853. The molecule has 0 spiro atoms. The minimum absolute atomic E-state index is 0.0104. The van der Waals surface area contributed by atoms with Crippen molar-refractivity contribution in [2.45, 2.75) is 26.8 Å². The number of pyridine rings is 1. The summed E-state index contributed by atoms with van der Waals surface area (Å²) in [6, 6.07) is 9.91. The highest BCUT2D eigenvalue weighted by atomic mass is 19.1. The maximum atomic E-state index is 12.8. The van der Waals surface area contributed by atoms with Gasteiger partial charge in [-0.3, -0.25) is 4.79 Å². The van der Waals surface area contributed by atoms with Gasteiger partial charge in [-0.05, 0) is 35.7 Å². The first-order chi connectivity index (χ1) is 10.5. The van der Waals surface area contributed by atoms with E-state index in [0.717, 1.165) is 5.56 Å². The summed E-state index contributed by atoms with van der Waals surface area (Å²) in [7, 11) is 0. The molecule has 0 saturated heterocycles. The molecule has 0 aliphatic carbocycles. The van der Waals surface area contributed by atoms with Gasteiger partial charge in [0.1, 0.15) is 11.6 Å². The monoisotopic (exact) mass is 301 g/mol. The minimum Gasteiger partial charge on any atom is -0.366 e. The van der Waals surface area contributed by atoms with E-state index in [1.54, 1.807) is 30.5 Å². The Bertz CT molecular complexity index is 609. The second-order valence-electron chi connectivity index (χ2n) is 5.56. The first-order valence-electron chi connectivity index (χ1n) is 7.27. The topological polar surface area (TPSA) is 54.0 Å². The van der Waals surface area contributed by atoms with Gasteiger partial charge in [-0.1, -0.05) is 26.0 Å². The van der Waals surface area contributed by atoms with Crippen LogP contribution in [0.3, 0.4) is 0 Å². The maximum Gasteiger partial charge on any atom is 0.224 e. The molecule has 4 nitrogen and oxygen atoms in total. The molecule has 0 unspecified atom stereocenters. The number of aromatic nitrogens is 1. The number of benzene rings is 1. The van der Waals surface area contributed by atoms with Crippen LogP contribution in [0.5, 0.6) is 0 Å². The summed E-state index contributed by atoms with van der Waals surface area (Å²) >= 11 is 0. The van der Waals surface area contributed by atoms with E-state index in [4.69, 9.17) is 0 Å². The zero-order chi connectivity index (χ0) is 15.9. The Balaban J connectivity index is 1.86. The van der Waals surface area contributed by atoms with Crippen molar-refractivity contribution in [3.05, 3.63) is 54.0 Å². The lowest BCUT2D eigenvalue weighted by Gasteiger charge is -2.09. The van der Waals surface area contributed by atoms with Gasteiger partial charge in [0.05, 0.1) is 11.9 Å². The van der Waals surface area contributed by atoms with Gasteiger partial charge in [-0.25, -0.2) is 9.37 Å². The molecule has 2 rings (SSSR count). The van der Waals surface area contributed by atoms with Gasteiger partial charge in [0.25, 0.3) is 0 Å². The number of carbonyl (C=O) groups is 1. The second kappa shape index (κ2) is 7.54. The van der Waals surface area contributed by atoms with Crippen molar-refractivity contribution in [1.82, 2.24) is 4.98 Å². The molecule has 0 fully saturated rings. The Morgan fingerprint density at radius 3 is 2.50 bits per heavy atom. The van der Waals surface area contributed by atoms with E-state index in [9.17, 15) is 9.18 Å². The summed E-state index contributed by atoms with van der Waals surface area (Å²) in [5.74, 6) is 0.767. The molecule has 116 valence electrons. The molecule has 0 saturated carbocycles. The molecule has 2 aromatic rings. The summed E-state index contributed by atoms with van der Waals surface area (Å²) < 4.78 is 12.8. The van der Waals surface area contributed by atoms with Gasteiger partial charge in [-0.2, -0.15) is 0 Å². The van der Waals surface area contributed by atoms with Gasteiger partial charge in [0.2, 0.25) is 5.91 Å². The predicted molar refractivity (Wildman–Crippen MR) is 86.0 cm³/mol. The van der Waals surface area contributed by atoms with E-state index in [2.05, 4.69) is 15.6 Å². The number of amides is 1. The Labute approximate surface area is 129 Å². The van der Waals surface area contributed by atoms with Crippen molar-refractivity contribution in [1.29, 1.82) is 0 Å². The van der Waals surface area contributed by atoms with Gasteiger partial charge < -0.3 is 10.6 Å². The Morgan fingerprint density at radius 2 is 1.91 bits per heavy atom. The third-order valence-corrected chi connectivity index (χ3v) is 3.03. The highest BCUT2D eigenvalue weighted by molar-refractivity contribution is 5.90. The van der Waals surface area contributed by atoms with Crippen LogP contribution in [0.1, 0.15) is 25.8 Å². The van der Waals surface area contributed by atoms with Crippen molar-refractivity contribution >= 4 is 17.4 Å². The Hall–Kier alpha value is -2.43. The first kappa shape index (κ1) is 15.9. The molecular formula is C17H20FN3O. The molecule has 0 aliphatic heterocycles. The molecule has 22 heavy (non-hydrogen) atoms. The van der Waals surface area contributed by atoms with E-state index in [1.165, 1.54) is 12.1 Å². The summed E-state index contributed by atoms with van der Waals surface area (Å²) in [4.78, 5) is 15.9. The molecule has 0 aliphatic rings. The summed E-state index contributed by atoms with van der Waals surface area (Å²) in [5, 5.41) is 5.96. The third kappa shape index (κ3) is 5.16. The molecule has 1 heterocycles. The van der Waals surface area contributed by atoms with Crippen LogP contribution in [-0.2, 0) is 11.3 Å². The van der Waals surface area contributed by atoms with Gasteiger partial charge in [0, 0.05) is 13.0 Å². The molecule has 2 N–H and O–H groups in total. The molecule has 0 bridgehead atoms. The molecular weight excluding hydrogens is 281 g/mol. The summed E-state index contributed by atoms with van der Waals surface area (Å²) in [5.41, 5.74) is 1.65. The number of nitrogens with zero attached hydrogens (tertiary/aromatic N) is 1. The Kier molecular flexibility index (Phi) is 5.47. The van der Waals surface area contributed by atoms with Gasteiger partial charge in [0.15, 0.2) is 0 Å². The van der Waals surface area contributed by atoms with Gasteiger partial charge in [-0.15, -0.1) is 0 Å². The highest BCUT2D eigenvalue weighted by Gasteiger charge is 2.05. The summed E-state index contributed by atoms with van der Waals surface area (Å²) in [6.45, 7) is 4.56. The number of hydrogen-bond donors (Lipinski definition) is 2. The average Bonchev–Trinajstić information content (AvgIpc) is 2.47. The highest BCUT2D eigenvalue weighted by Crippen LogP contribution is 2.12. The predicted octanol–water partition coefficient (Wildman–Crippen LogP) is 3.82. The lowest BCUT2D eigenvalue weighted by molar-refractivity contribution is -0.116. The molecule has 1 amide bonds. The van der Waals surface area contributed by atoms with E-state index in [-0.39, 0.29) is 11.7 Å². The minimum atomic E-state index is -0.247. The lowest BCUT2D eigenvalue weighted by atomic mass is 10.1. The summed E-state index contributed by atoms with van der Waals surface area (Å²) in [6.07, 6.45) is 2.11. The Morgan fingerprint density at radius 1 is 1.18 bits per heavy atom.